The van der Waals surface area contributed by atoms with Crippen LogP contribution in [0.3, 0.4) is 0 Å². The molecule has 0 spiro atoms. The molecule has 1 aliphatic carbocycles. The zero-order valence-corrected chi connectivity index (χ0v) is 13.7. The lowest BCUT2D eigenvalue weighted by Gasteiger charge is -2.45. The maximum absolute atomic E-state index is 10.0. The van der Waals surface area contributed by atoms with Crippen LogP contribution in [0, 0.1) is 11.3 Å². The predicted octanol–water partition coefficient (Wildman–Crippen LogP) is 0.408. The van der Waals surface area contributed by atoms with E-state index < -0.39 is 37.3 Å². The molecular formula is C16H30O6. The lowest BCUT2D eigenvalue weighted by atomic mass is 9.67. The minimum absolute atomic E-state index is 0.0532. The standard InChI is InChI=1S/C16H30O6/c1-9(2)16(3)6-4-5-10(7-16)21-15-14(20)13(19)12(18)11(8-17)22-15/h9-15,17-20H,4-8H2,1-3H3/t10?,11-,12+,13+,14-,15?,16?/m1/s1. The van der Waals surface area contributed by atoms with Crippen LogP contribution in [-0.4, -0.2) is 63.8 Å². The summed E-state index contributed by atoms with van der Waals surface area (Å²) in [6.07, 6.45) is -2.05. The van der Waals surface area contributed by atoms with E-state index in [1.165, 1.54) is 0 Å². The van der Waals surface area contributed by atoms with Gasteiger partial charge in [0.2, 0.25) is 0 Å². The first-order chi connectivity index (χ1) is 10.3. The molecule has 7 atom stereocenters. The van der Waals surface area contributed by atoms with Crippen molar-refractivity contribution in [2.45, 2.75) is 83.3 Å². The third-order valence-electron chi connectivity index (χ3n) is 5.54. The van der Waals surface area contributed by atoms with Crippen LogP contribution >= 0.6 is 0 Å². The maximum Gasteiger partial charge on any atom is 0.186 e. The molecule has 1 aliphatic heterocycles. The zero-order valence-electron chi connectivity index (χ0n) is 13.7. The van der Waals surface area contributed by atoms with Crippen molar-refractivity contribution in [3.05, 3.63) is 0 Å². The summed E-state index contributed by atoms with van der Waals surface area (Å²) in [4.78, 5) is 0. The molecule has 0 aromatic heterocycles. The van der Waals surface area contributed by atoms with Crippen molar-refractivity contribution in [1.29, 1.82) is 0 Å². The van der Waals surface area contributed by atoms with E-state index in [4.69, 9.17) is 9.47 Å². The van der Waals surface area contributed by atoms with Gasteiger partial charge in [-0.15, -0.1) is 0 Å². The van der Waals surface area contributed by atoms with E-state index in [0.717, 1.165) is 25.7 Å². The summed E-state index contributed by atoms with van der Waals surface area (Å²) in [5.41, 5.74) is 0.192. The second kappa shape index (κ2) is 7.11. The van der Waals surface area contributed by atoms with E-state index in [0.29, 0.717) is 5.92 Å². The van der Waals surface area contributed by atoms with Crippen LogP contribution in [0.1, 0.15) is 46.5 Å². The molecule has 3 unspecified atom stereocenters. The van der Waals surface area contributed by atoms with E-state index in [-0.39, 0.29) is 11.5 Å². The molecule has 0 bridgehead atoms. The Kier molecular flexibility index (Phi) is 5.85. The molecular weight excluding hydrogens is 288 g/mol. The lowest BCUT2D eigenvalue weighted by molar-refractivity contribution is -0.315. The monoisotopic (exact) mass is 318 g/mol. The van der Waals surface area contributed by atoms with Crippen LogP contribution in [0.5, 0.6) is 0 Å². The Morgan fingerprint density at radius 2 is 1.86 bits per heavy atom. The van der Waals surface area contributed by atoms with Crippen molar-refractivity contribution in [2.24, 2.45) is 11.3 Å². The Morgan fingerprint density at radius 3 is 2.45 bits per heavy atom. The van der Waals surface area contributed by atoms with E-state index in [1.807, 2.05) is 0 Å². The number of aliphatic hydroxyl groups is 4. The molecule has 6 nitrogen and oxygen atoms in total. The first kappa shape index (κ1) is 18.1. The van der Waals surface area contributed by atoms with Gasteiger partial charge in [-0.2, -0.15) is 0 Å². The first-order valence-electron chi connectivity index (χ1n) is 8.24. The summed E-state index contributed by atoms with van der Waals surface area (Å²) in [6.45, 7) is 6.23. The van der Waals surface area contributed by atoms with Crippen molar-refractivity contribution in [2.75, 3.05) is 6.61 Å². The van der Waals surface area contributed by atoms with Crippen molar-refractivity contribution in [1.82, 2.24) is 0 Å². The molecule has 4 N–H and O–H groups in total. The highest BCUT2D eigenvalue weighted by Crippen LogP contribution is 2.43. The summed E-state index contributed by atoms with van der Waals surface area (Å²) >= 11 is 0. The zero-order chi connectivity index (χ0) is 16.5. The van der Waals surface area contributed by atoms with Gasteiger partial charge in [0, 0.05) is 0 Å². The molecule has 1 heterocycles. The molecule has 0 aromatic rings. The molecule has 2 aliphatic rings. The van der Waals surface area contributed by atoms with E-state index in [1.54, 1.807) is 0 Å². The average Bonchev–Trinajstić information content (AvgIpc) is 2.48. The molecule has 1 saturated carbocycles. The quantitative estimate of drug-likeness (QED) is 0.599. The second-order valence-corrected chi connectivity index (χ2v) is 7.36. The Labute approximate surface area is 132 Å². The van der Waals surface area contributed by atoms with Gasteiger partial charge in [-0.3, -0.25) is 0 Å². The number of rotatable bonds is 4. The van der Waals surface area contributed by atoms with Gasteiger partial charge in [-0.05, 0) is 30.6 Å². The normalized spacial score (nSPS) is 46.9. The molecule has 2 rings (SSSR count). The van der Waals surface area contributed by atoms with Crippen molar-refractivity contribution in [3.63, 3.8) is 0 Å². The van der Waals surface area contributed by atoms with Crippen LogP contribution in [-0.2, 0) is 9.47 Å². The van der Waals surface area contributed by atoms with Gasteiger partial charge < -0.3 is 29.9 Å². The van der Waals surface area contributed by atoms with E-state index >= 15 is 0 Å². The Balaban J connectivity index is 2.00. The maximum atomic E-state index is 10.0. The third-order valence-corrected chi connectivity index (χ3v) is 5.54. The first-order valence-corrected chi connectivity index (χ1v) is 8.24. The predicted molar refractivity (Wildman–Crippen MR) is 80.1 cm³/mol. The van der Waals surface area contributed by atoms with Crippen LogP contribution < -0.4 is 0 Å². The van der Waals surface area contributed by atoms with Crippen LogP contribution in [0.4, 0.5) is 0 Å². The highest BCUT2D eigenvalue weighted by Gasteiger charge is 2.46. The highest BCUT2D eigenvalue weighted by molar-refractivity contribution is 4.91. The second-order valence-electron chi connectivity index (χ2n) is 7.36. The summed E-state index contributed by atoms with van der Waals surface area (Å²) in [7, 11) is 0. The summed E-state index contributed by atoms with van der Waals surface area (Å²) in [5.74, 6) is 0.536. The smallest absolute Gasteiger partial charge is 0.186 e. The molecule has 1 saturated heterocycles. The lowest BCUT2D eigenvalue weighted by Crippen LogP contribution is -2.59. The topological polar surface area (TPSA) is 99.4 Å². The fourth-order valence-electron chi connectivity index (χ4n) is 3.47. The fourth-order valence-corrected chi connectivity index (χ4v) is 3.47. The Hall–Kier alpha value is -0.240. The number of hydrogen-bond acceptors (Lipinski definition) is 6. The minimum atomic E-state index is -1.38. The van der Waals surface area contributed by atoms with Crippen molar-refractivity contribution in [3.8, 4) is 0 Å². The molecule has 0 radical (unpaired) electrons. The Morgan fingerprint density at radius 1 is 1.18 bits per heavy atom. The molecule has 2 fully saturated rings. The van der Waals surface area contributed by atoms with Gasteiger partial charge in [0.1, 0.15) is 24.4 Å². The minimum Gasteiger partial charge on any atom is -0.394 e. The van der Waals surface area contributed by atoms with Gasteiger partial charge in [0.05, 0.1) is 12.7 Å². The van der Waals surface area contributed by atoms with E-state index in [9.17, 15) is 20.4 Å². The van der Waals surface area contributed by atoms with Gasteiger partial charge in [0.15, 0.2) is 6.29 Å². The summed E-state index contributed by atoms with van der Waals surface area (Å²) < 4.78 is 11.3. The van der Waals surface area contributed by atoms with Crippen LogP contribution in [0.15, 0.2) is 0 Å². The van der Waals surface area contributed by atoms with Gasteiger partial charge >= 0.3 is 0 Å². The number of aliphatic hydroxyl groups excluding tert-OH is 4. The number of hydrogen-bond donors (Lipinski definition) is 4. The van der Waals surface area contributed by atoms with Gasteiger partial charge in [-0.25, -0.2) is 0 Å². The van der Waals surface area contributed by atoms with Gasteiger partial charge in [-0.1, -0.05) is 27.2 Å². The Bertz CT molecular complexity index is 361. The SMILES string of the molecule is CC(C)C1(C)CCCC(OC2O[C@H](CO)[C@H](O)[C@H](O)[C@H]2O)C1. The molecule has 6 heteroatoms. The summed E-state index contributed by atoms with van der Waals surface area (Å²) in [5, 5.41) is 38.9. The highest BCUT2D eigenvalue weighted by atomic mass is 16.7. The van der Waals surface area contributed by atoms with Crippen LogP contribution in [0.2, 0.25) is 0 Å². The number of ether oxygens (including phenoxy) is 2. The third kappa shape index (κ3) is 3.63. The molecule has 130 valence electrons. The van der Waals surface area contributed by atoms with Gasteiger partial charge in [0.25, 0.3) is 0 Å². The fraction of sp³-hybridized carbons (Fsp3) is 1.00. The van der Waals surface area contributed by atoms with Crippen LogP contribution in [0.25, 0.3) is 0 Å². The largest absolute Gasteiger partial charge is 0.394 e. The summed E-state index contributed by atoms with van der Waals surface area (Å²) in [6, 6.07) is 0. The molecule has 0 aromatic carbocycles. The van der Waals surface area contributed by atoms with Crippen molar-refractivity contribution >= 4 is 0 Å². The van der Waals surface area contributed by atoms with E-state index in [2.05, 4.69) is 20.8 Å². The molecule has 22 heavy (non-hydrogen) atoms. The average molecular weight is 318 g/mol. The molecule has 0 amide bonds. The van der Waals surface area contributed by atoms with Crippen molar-refractivity contribution < 1.29 is 29.9 Å².